The Bertz CT molecular complexity index is 970. The SMILES string of the molecule is O=C(NCc1ccncc1)C(=O)NC[C@H]1OCCN1S(=O)(=O)c1ccc(Br)cc1. The van der Waals surface area contributed by atoms with Crippen molar-refractivity contribution in [3.05, 3.63) is 58.8 Å². The minimum atomic E-state index is -3.79. The fourth-order valence-corrected chi connectivity index (χ4v) is 4.48. The lowest BCUT2D eigenvalue weighted by Crippen LogP contribution is -2.47. The summed E-state index contributed by atoms with van der Waals surface area (Å²) in [6.45, 7) is 0.397. The van der Waals surface area contributed by atoms with Crippen LogP contribution in [0.15, 0.2) is 58.2 Å². The van der Waals surface area contributed by atoms with E-state index in [1.165, 1.54) is 16.4 Å². The van der Waals surface area contributed by atoms with E-state index in [0.717, 1.165) is 10.0 Å². The molecule has 1 saturated heterocycles. The van der Waals surface area contributed by atoms with Crippen LogP contribution in [0.1, 0.15) is 5.56 Å². The molecule has 1 atom stereocenters. The fraction of sp³-hybridized carbons (Fsp3) is 0.278. The molecule has 1 aliphatic heterocycles. The number of halogens is 1. The molecule has 0 unspecified atom stereocenters. The molecular weight excluding hydrogens is 464 g/mol. The lowest BCUT2D eigenvalue weighted by molar-refractivity contribution is -0.139. The van der Waals surface area contributed by atoms with Crippen molar-refractivity contribution >= 4 is 37.8 Å². The number of hydrogen-bond donors (Lipinski definition) is 2. The zero-order valence-electron chi connectivity index (χ0n) is 15.2. The first-order chi connectivity index (χ1) is 13.9. The van der Waals surface area contributed by atoms with Gasteiger partial charge >= 0.3 is 11.8 Å². The number of pyridine rings is 1. The summed E-state index contributed by atoms with van der Waals surface area (Å²) < 4.78 is 33.0. The van der Waals surface area contributed by atoms with Gasteiger partial charge in [0.1, 0.15) is 6.23 Å². The van der Waals surface area contributed by atoms with E-state index < -0.39 is 28.1 Å². The van der Waals surface area contributed by atoms with Crippen molar-refractivity contribution in [2.24, 2.45) is 0 Å². The molecule has 1 aromatic carbocycles. The molecule has 2 aromatic rings. The quantitative estimate of drug-likeness (QED) is 0.582. The standard InChI is InChI=1S/C18H19BrN4O5S/c19-14-1-3-15(4-2-14)29(26,27)23-9-10-28-16(23)12-22-18(25)17(24)21-11-13-5-7-20-8-6-13/h1-8,16H,9-12H2,(H,21,24)(H,22,25)/t16-/m1/s1. The summed E-state index contributed by atoms with van der Waals surface area (Å²) in [5.41, 5.74) is 0.798. The molecule has 0 bridgehead atoms. The van der Waals surface area contributed by atoms with Gasteiger partial charge in [0, 0.05) is 30.0 Å². The number of benzene rings is 1. The molecule has 0 aliphatic carbocycles. The van der Waals surface area contributed by atoms with Crippen LogP contribution in [-0.4, -0.2) is 55.4 Å². The molecule has 1 aliphatic rings. The van der Waals surface area contributed by atoms with Crippen LogP contribution in [0.3, 0.4) is 0 Å². The van der Waals surface area contributed by atoms with Gasteiger partial charge in [-0.05, 0) is 42.0 Å². The molecule has 29 heavy (non-hydrogen) atoms. The van der Waals surface area contributed by atoms with E-state index in [1.807, 2.05) is 0 Å². The van der Waals surface area contributed by atoms with Gasteiger partial charge in [0.15, 0.2) is 0 Å². The Balaban J connectivity index is 1.55. The average Bonchev–Trinajstić information content (AvgIpc) is 3.21. The van der Waals surface area contributed by atoms with Crippen molar-refractivity contribution in [1.82, 2.24) is 19.9 Å². The second kappa shape index (κ2) is 9.44. The van der Waals surface area contributed by atoms with E-state index >= 15 is 0 Å². The molecular formula is C18H19BrN4O5S. The Morgan fingerprint density at radius 1 is 1.10 bits per heavy atom. The summed E-state index contributed by atoms with van der Waals surface area (Å²) in [6, 6.07) is 9.67. The molecule has 11 heteroatoms. The average molecular weight is 483 g/mol. The molecule has 1 aromatic heterocycles. The molecule has 0 radical (unpaired) electrons. The maximum atomic E-state index is 12.8. The van der Waals surface area contributed by atoms with Gasteiger partial charge in [-0.25, -0.2) is 8.42 Å². The molecule has 3 rings (SSSR count). The van der Waals surface area contributed by atoms with E-state index in [9.17, 15) is 18.0 Å². The van der Waals surface area contributed by atoms with Gasteiger partial charge in [0.25, 0.3) is 0 Å². The number of nitrogens with zero attached hydrogens (tertiary/aromatic N) is 2. The summed E-state index contributed by atoms with van der Waals surface area (Å²) >= 11 is 3.27. The largest absolute Gasteiger partial charge is 0.359 e. The van der Waals surface area contributed by atoms with Gasteiger partial charge in [-0.15, -0.1) is 0 Å². The van der Waals surface area contributed by atoms with Gasteiger partial charge in [-0.1, -0.05) is 15.9 Å². The Morgan fingerprint density at radius 2 is 1.76 bits per heavy atom. The molecule has 0 spiro atoms. The number of carbonyl (C=O) groups excluding carboxylic acids is 2. The highest BCUT2D eigenvalue weighted by molar-refractivity contribution is 9.10. The zero-order valence-corrected chi connectivity index (χ0v) is 17.6. The van der Waals surface area contributed by atoms with Crippen LogP contribution >= 0.6 is 15.9 Å². The van der Waals surface area contributed by atoms with Crippen molar-refractivity contribution < 1.29 is 22.7 Å². The molecule has 2 N–H and O–H groups in total. The Kier molecular flexibility index (Phi) is 6.96. The maximum Gasteiger partial charge on any atom is 0.309 e. The Morgan fingerprint density at radius 3 is 2.45 bits per heavy atom. The van der Waals surface area contributed by atoms with Crippen LogP contribution in [0.4, 0.5) is 0 Å². The molecule has 2 heterocycles. The summed E-state index contributed by atoms with van der Waals surface area (Å²) in [6.07, 6.45) is 2.28. The van der Waals surface area contributed by atoms with Crippen LogP contribution in [0.5, 0.6) is 0 Å². The van der Waals surface area contributed by atoms with Crippen LogP contribution < -0.4 is 10.6 Å². The van der Waals surface area contributed by atoms with E-state index in [4.69, 9.17) is 4.74 Å². The first-order valence-corrected chi connectivity index (χ1v) is 10.9. The molecule has 1 fully saturated rings. The second-order valence-corrected chi connectivity index (χ2v) is 8.95. The molecule has 0 saturated carbocycles. The smallest absolute Gasteiger partial charge is 0.309 e. The summed E-state index contributed by atoms with van der Waals surface area (Å²) in [5, 5.41) is 4.91. The third-order valence-corrected chi connectivity index (χ3v) is 6.64. The van der Waals surface area contributed by atoms with Crippen LogP contribution in [0.25, 0.3) is 0 Å². The van der Waals surface area contributed by atoms with Crippen molar-refractivity contribution in [3.63, 3.8) is 0 Å². The minimum absolute atomic E-state index is 0.123. The Labute approximate surface area is 176 Å². The first kappa shape index (κ1) is 21.4. The van der Waals surface area contributed by atoms with Gasteiger partial charge in [0.05, 0.1) is 18.0 Å². The second-order valence-electron chi connectivity index (χ2n) is 6.14. The topological polar surface area (TPSA) is 118 Å². The molecule has 9 nitrogen and oxygen atoms in total. The zero-order chi connectivity index (χ0) is 20.9. The number of carbonyl (C=O) groups is 2. The van der Waals surface area contributed by atoms with Gasteiger partial charge in [-0.2, -0.15) is 4.31 Å². The lowest BCUT2D eigenvalue weighted by atomic mass is 10.3. The van der Waals surface area contributed by atoms with Crippen molar-refractivity contribution in [2.45, 2.75) is 17.7 Å². The summed E-state index contributed by atoms with van der Waals surface area (Å²) in [4.78, 5) is 28.0. The van der Waals surface area contributed by atoms with E-state index in [1.54, 1.807) is 36.7 Å². The molecule has 154 valence electrons. The van der Waals surface area contributed by atoms with Crippen LogP contribution in [-0.2, 0) is 30.9 Å². The number of aromatic nitrogens is 1. The predicted molar refractivity (Wildman–Crippen MR) is 107 cm³/mol. The highest BCUT2D eigenvalue weighted by atomic mass is 79.9. The van der Waals surface area contributed by atoms with Crippen LogP contribution in [0.2, 0.25) is 0 Å². The molecule has 2 amide bonds. The van der Waals surface area contributed by atoms with Crippen LogP contribution in [0, 0.1) is 0 Å². The third-order valence-electron chi connectivity index (χ3n) is 4.21. The monoisotopic (exact) mass is 482 g/mol. The normalized spacial score (nSPS) is 17.1. The number of sulfonamides is 1. The van der Waals surface area contributed by atoms with Crippen molar-refractivity contribution in [2.75, 3.05) is 19.7 Å². The summed E-state index contributed by atoms with van der Waals surface area (Å²) in [7, 11) is -3.79. The van der Waals surface area contributed by atoms with E-state index in [0.29, 0.717) is 0 Å². The first-order valence-electron chi connectivity index (χ1n) is 8.72. The van der Waals surface area contributed by atoms with Crippen molar-refractivity contribution in [1.29, 1.82) is 0 Å². The van der Waals surface area contributed by atoms with Gasteiger partial charge < -0.3 is 15.4 Å². The third kappa shape index (κ3) is 5.38. The van der Waals surface area contributed by atoms with Gasteiger partial charge in [0.2, 0.25) is 10.0 Å². The number of hydrogen-bond acceptors (Lipinski definition) is 6. The number of amides is 2. The van der Waals surface area contributed by atoms with Gasteiger partial charge in [-0.3, -0.25) is 14.6 Å². The fourth-order valence-electron chi connectivity index (χ4n) is 2.71. The lowest BCUT2D eigenvalue weighted by Gasteiger charge is -2.22. The highest BCUT2D eigenvalue weighted by Gasteiger charge is 2.36. The van der Waals surface area contributed by atoms with Crippen molar-refractivity contribution in [3.8, 4) is 0 Å². The number of rotatable bonds is 6. The highest BCUT2D eigenvalue weighted by Crippen LogP contribution is 2.23. The van der Waals surface area contributed by atoms with E-state index in [2.05, 4.69) is 31.5 Å². The number of nitrogens with one attached hydrogen (secondary N) is 2. The van der Waals surface area contributed by atoms with E-state index in [-0.39, 0.29) is 31.1 Å². The summed E-state index contributed by atoms with van der Waals surface area (Å²) in [5.74, 6) is -1.68. The number of ether oxygens (including phenoxy) is 1. The Hall–Kier alpha value is -2.34. The minimum Gasteiger partial charge on any atom is -0.359 e. The predicted octanol–water partition coefficient (Wildman–Crippen LogP) is 0.624. The maximum absolute atomic E-state index is 12.8.